The lowest BCUT2D eigenvalue weighted by atomic mass is 9.99. The van der Waals surface area contributed by atoms with Crippen LogP contribution in [0, 0.1) is 6.92 Å². The van der Waals surface area contributed by atoms with E-state index in [1.807, 2.05) is 0 Å². The molecule has 24 heavy (non-hydrogen) atoms. The Morgan fingerprint density at radius 3 is 2.62 bits per heavy atom. The molecular formula is C19H32IN3O. The smallest absolute Gasteiger partial charge is 0.191 e. The number of aryl methyl sites for hydroxylation is 1. The molecule has 1 aromatic carbocycles. The van der Waals surface area contributed by atoms with E-state index in [4.69, 9.17) is 0 Å². The molecule has 1 unspecified atom stereocenters. The number of hydrogen-bond acceptors (Lipinski definition) is 2. The third kappa shape index (κ3) is 6.59. The third-order valence-corrected chi connectivity index (χ3v) is 4.60. The SMILES string of the molecule is CCNC(=NCC1(O)CCCC1)NCC(C)c1cccc(C)c1.I. The van der Waals surface area contributed by atoms with Gasteiger partial charge in [0.2, 0.25) is 0 Å². The summed E-state index contributed by atoms with van der Waals surface area (Å²) >= 11 is 0. The van der Waals surface area contributed by atoms with E-state index in [2.05, 4.69) is 60.7 Å². The number of rotatable bonds is 6. The number of nitrogens with zero attached hydrogens (tertiary/aromatic N) is 1. The monoisotopic (exact) mass is 445 g/mol. The van der Waals surface area contributed by atoms with Crippen LogP contribution >= 0.6 is 24.0 Å². The van der Waals surface area contributed by atoms with Crippen LogP contribution in [0.25, 0.3) is 0 Å². The second kappa shape index (κ2) is 10.2. The molecule has 1 aliphatic carbocycles. The Labute approximate surface area is 163 Å². The minimum Gasteiger partial charge on any atom is -0.388 e. The first-order valence-corrected chi connectivity index (χ1v) is 8.83. The van der Waals surface area contributed by atoms with E-state index in [1.165, 1.54) is 11.1 Å². The second-order valence-corrected chi connectivity index (χ2v) is 6.82. The van der Waals surface area contributed by atoms with E-state index in [-0.39, 0.29) is 24.0 Å². The summed E-state index contributed by atoms with van der Waals surface area (Å²) in [6.07, 6.45) is 3.96. The molecule has 1 atom stereocenters. The molecule has 0 bridgehead atoms. The van der Waals surface area contributed by atoms with E-state index < -0.39 is 5.60 Å². The van der Waals surface area contributed by atoms with Gasteiger partial charge in [0.05, 0.1) is 12.1 Å². The van der Waals surface area contributed by atoms with Crippen LogP contribution in [0.2, 0.25) is 0 Å². The molecule has 136 valence electrons. The highest BCUT2D eigenvalue weighted by Crippen LogP contribution is 2.29. The highest BCUT2D eigenvalue weighted by molar-refractivity contribution is 14.0. The van der Waals surface area contributed by atoms with Gasteiger partial charge in [0.15, 0.2) is 5.96 Å². The molecule has 1 fully saturated rings. The van der Waals surface area contributed by atoms with Crippen molar-refractivity contribution < 1.29 is 5.11 Å². The second-order valence-electron chi connectivity index (χ2n) is 6.82. The van der Waals surface area contributed by atoms with E-state index >= 15 is 0 Å². The molecule has 1 aromatic rings. The number of halogens is 1. The number of hydrogen-bond donors (Lipinski definition) is 3. The van der Waals surface area contributed by atoms with Gasteiger partial charge in [-0.15, -0.1) is 24.0 Å². The van der Waals surface area contributed by atoms with Crippen molar-refractivity contribution in [1.29, 1.82) is 0 Å². The van der Waals surface area contributed by atoms with Crippen molar-refractivity contribution >= 4 is 29.9 Å². The van der Waals surface area contributed by atoms with Gasteiger partial charge in [-0.25, -0.2) is 0 Å². The van der Waals surface area contributed by atoms with Crippen LogP contribution in [0.1, 0.15) is 56.6 Å². The first kappa shape index (κ1) is 21.2. The number of benzene rings is 1. The molecular weight excluding hydrogens is 413 g/mol. The van der Waals surface area contributed by atoms with Gasteiger partial charge in [-0.2, -0.15) is 0 Å². The van der Waals surface area contributed by atoms with Gasteiger partial charge in [0.1, 0.15) is 0 Å². The minimum absolute atomic E-state index is 0. The molecule has 2 rings (SSSR count). The van der Waals surface area contributed by atoms with Gasteiger partial charge in [0, 0.05) is 13.1 Å². The molecule has 5 heteroatoms. The normalized spacial score (nSPS) is 17.9. The molecule has 0 aromatic heterocycles. The maximum atomic E-state index is 10.4. The van der Waals surface area contributed by atoms with Gasteiger partial charge in [-0.05, 0) is 38.2 Å². The van der Waals surface area contributed by atoms with E-state index in [9.17, 15) is 5.11 Å². The van der Waals surface area contributed by atoms with Crippen molar-refractivity contribution in [3.05, 3.63) is 35.4 Å². The summed E-state index contributed by atoms with van der Waals surface area (Å²) < 4.78 is 0. The predicted molar refractivity (Wildman–Crippen MR) is 112 cm³/mol. The Kier molecular flexibility index (Phi) is 9.05. The molecule has 0 spiro atoms. The van der Waals surface area contributed by atoms with Crippen LogP contribution in [-0.4, -0.2) is 36.3 Å². The summed E-state index contributed by atoms with van der Waals surface area (Å²) in [5, 5.41) is 17.1. The summed E-state index contributed by atoms with van der Waals surface area (Å²) in [4.78, 5) is 4.59. The fourth-order valence-corrected chi connectivity index (χ4v) is 3.10. The number of guanidine groups is 1. The Hall–Kier alpha value is -0.820. The van der Waals surface area contributed by atoms with Crippen molar-refractivity contribution in [1.82, 2.24) is 10.6 Å². The largest absolute Gasteiger partial charge is 0.388 e. The molecule has 0 radical (unpaired) electrons. The van der Waals surface area contributed by atoms with Gasteiger partial charge in [-0.3, -0.25) is 4.99 Å². The first-order chi connectivity index (χ1) is 11.0. The Bertz CT molecular complexity index is 527. The van der Waals surface area contributed by atoms with E-state index in [0.717, 1.165) is 44.7 Å². The zero-order valence-electron chi connectivity index (χ0n) is 15.1. The van der Waals surface area contributed by atoms with Gasteiger partial charge in [-0.1, -0.05) is 49.6 Å². The summed E-state index contributed by atoms with van der Waals surface area (Å²) in [5.41, 5.74) is 2.03. The summed E-state index contributed by atoms with van der Waals surface area (Å²) in [5.74, 6) is 1.21. The molecule has 0 aliphatic heterocycles. The van der Waals surface area contributed by atoms with Crippen molar-refractivity contribution in [3.63, 3.8) is 0 Å². The fourth-order valence-electron chi connectivity index (χ4n) is 3.10. The van der Waals surface area contributed by atoms with Crippen LogP contribution in [0.4, 0.5) is 0 Å². The van der Waals surface area contributed by atoms with Crippen LogP contribution in [0.3, 0.4) is 0 Å². The average Bonchev–Trinajstić information content (AvgIpc) is 2.97. The highest BCUT2D eigenvalue weighted by atomic mass is 127. The Morgan fingerprint density at radius 1 is 1.29 bits per heavy atom. The maximum Gasteiger partial charge on any atom is 0.191 e. The maximum absolute atomic E-state index is 10.4. The van der Waals surface area contributed by atoms with Crippen LogP contribution in [0.15, 0.2) is 29.3 Å². The lowest BCUT2D eigenvalue weighted by Crippen LogP contribution is -2.40. The molecule has 1 saturated carbocycles. The van der Waals surface area contributed by atoms with Crippen LogP contribution < -0.4 is 10.6 Å². The van der Waals surface area contributed by atoms with Crippen LogP contribution in [-0.2, 0) is 0 Å². The van der Waals surface area contributed by atoms with E-state index in [1.54, 1.807) is 0 Å². The topological polar surface area (TPSA) is 56.7 Å². The third-order valence-electron chi connectivity index (χ3n) is 4.60. The zero-order valence-corrected chi connectivity index (χ0v) is 17.5. The number of aliphatic imine (C=N–C) groups is 1. The highest BCUT2D eigenvalue weighted by Gasteiger charge is 2.30. The molecule has 3 N–H and O–H groups in total. The number of aliphatic hydroxyl groups is 1. The Morgan fingerprint density at radius 2 is 2.00 bits per heavy atom. The summed E-state index contributed by atoms with van der Waals surface area (Å²) in [7, 11) is 0. The zero-order chi connectivity index (χ0) is 16.7. The lowest BCUT2D eigenvalue weighted by molar-refractivity contribution is 0.0574. The quantitative estimate of drug-likeness (QED) is 0.357. The summed E-state index contributed by atoms with van der Waals surface area (Å²) in [6.45, 7) is 8.54. The van der Waals surface area contributed by atoms with Crippen LogP contribution in [0.5, 0.6) is 0 Å². The standard InChI is InChI=1S/C19H31N3O.HI/c1-4-20-18(22-14-19(23)10-5-6-11-19)21-13-16(3)17-9-7-8-15(2)12-17;/h7-9,12,16,23H,4-6,10-11,13-14H2,1-3H3,(H2,20,21,22);1H. The fraction of sp³-hybridized carbons (Fsp3) is 0.632. The van der Waals surface area contributed by atoms with Crippen molar-refractivity contribution in [2.24, 2.45) is 4.99 Å². The number of nitrogens with one attached hydrogen (secondary N) is 2. The van der Waals surface area contributed by atoms with Gasteiger partial charge < -0.3 is 15.7 Å². The lowest BCUT2D eigenvalue weighted by Gasteiger charge is -2.21. The Balaban J connectivity index is 0.00000288. The van der Waals surface area contributed by atoms with Crippen molar-refractivity contribution in [3.8, 4) is 0 Å². The molecule has 0 heterocycles. The molecule has 1 aliphatic rings. The summed E-state index contributed by atoms with van der Waals surface area (Å²) in [6, 6.07) is 8.63. The predicted octanol–water partition coefficient (Wildman–Crippen LogP) is 3.58. The van der Waals surface area contributed by atoms with Crippen molar-refractivity contribution in [2.75, 3.05) is 19.6 Å². The van der Waals surface area contributed by atoms with Crippen molar-refractivity contribution in [2.45, 2.75) is 58.0 Å². The first-order valence-electron chi connectivity index (χ1n) is 8.83. The average molecular weight is 445 g/mol. The van der Waals surface area contributed by atoms with Gasteiger partial charge in [0.25, 0.3) is 0 Å². The van der Waals surface area contributed by atoms with Gasteiger partial charge >= 0.3 is 0 Å². The minimum atomic E-state index is -0.593. The molecule has 4 nitrogen and oxygen atoms in total. The van der Waals surface area contributed by atoms with E-state index in [0.29, 0.717) is 12.5 Å². The molecule has 0 amide bonds. The molecule has 0 saturated heterocycles.